The number of hydrogen-bond donors (Lipinski definition) is 3. The quantitative estimate of drug-likeness (QED) is 0.231. The number of carbonyl (C=O) groups is 2. The van der Waals surface area contributed by atoms with Crippen LogP contribution in [0.4, 0.5) is 10.8 Å². The fraction of sp³-hybridized carbons (Fsp3) is 0.115. The van der Waals surface area contributed by atoms with E-state index in [2.05, 4.69) is 20.6 Å². The van der Waals surface area contributed by atoms with Gasteiger partial charge in [0.25, 0.3) is 5.91 Å². The summed E-state index contributed by atoms with van der Waals surface area (Å²) in [6, 6.07) is 20.3. The van der Waals surface area contributed by atoms with Crippen LogP contribution in [0, 0.1) is 0 Å². The first-order valence-corrected chi connectivity index (χ1v) is 12.7. The zero-order valence-electron chi connectivity index (χ0n) is 18.6. The SMILES string of the molecule is O=C(NC(Cc1c[nH]c2ccccc12)C(=O)OCc1csc(Nc2ccccc2)n1)c1cccs1. The number of H-pyrrole nitrogens is 1. The molecule has 0 fully saturated rings. The molecule has 3 aromatic heterocycles. The van der Waals surface area contributed by atoms with Crippen molar-refractivity contribution in [3.8, 4) is 0 Å². The number of anilines is 2. The summed E-state index contributed by atoms with van der Waals surface area (Å²) in [7, 11) is 0. The van der Waals surface area contributed by atoms with Crippen molar-refractivity contribution in [1.29, 1.82) is 0 Å². The van der Waals surface area contributed by atoms with E-state index in [0.717, 1.165) is 22.2 Å². The molecule has 2 aromatic carbocycles. The molecule has 7 nitrogen and oxygen atoms in total. The van der Waals surface area contributed by atoms with E-state index in [1.54, 1.807) is 12.1 Å². The smallest absolute Gasteiger partial charge is 0.329 e. The minimum Gasteiger partial charge on any atom is -0.458 e. The van der Waals surface area contributed by atoms with Crippen molar-refractivity contribution in [3.63, 3.8) is 0 Å². The monoisotopic (exact) mass is 502 g/mol. The summed E-state index contributed by atoms with van der Waals surface area (Å²) in [6.45, 7) is 0.0189. The fourth-order valence-corrected chi connectivity index (χ4v) is 5.01. The van der Waals surface area contributed by atoms with Gasteiger partial charge in [0.2, 0.25) is 0 Å². The number of nitrogens with one attached hydrogen (secondary N) is 3. The van der Waals surface area contributed by atoms with Crippen LogP contribution in [0.3, 0.4) is 0 Å². The minimum atomic E-state index is -0.843. The lowest BCUT2D eigenvalue weighted by Crippen LogP contribution is -2.43. The Kier molecular flexibility index (Phi) is 6.87. The molecule has 5 aromatic rings. The predicted molar refractivity (Wildman–Crippen MR) is 139 cm³/mol. The number of hydrogen-bond acceptors (Lipinski definition) is 7. The van der Waals surface area contributed by atoms with Crippen LogP contribution >= 0.6 is 22.7 Å². The molecule has 0 aliphatic carbocycles. The molecule has 3 N–H and O–H groups in total. The molecule has 0 radical (unpaired) electrons. The molecule has 1 atom stereocenters. The van der Waals surface area contributed by atoms with E-state index in [9.17, 15) is 9.59 Å². The fourth-order valence-electron chi connectivity index (χ4n) is 3.67. The second-order valence-electron chi connectivity index (χ2n) is 7.81. The van der Waals surface area contributed by atoms with Crippen LogP contribution in [0.5, 0.6) is 0 Å². The number of esters is 1. The number of carbonyl (C=O) groups excluding carboxylic acids is 2. The van der Waals surface area contributed by atoms with Crippen molar-refractivity contribution in [3.05, 3.63) is 99.8 Å². The van der Waals surface area contributed by atoms with E-state index in [1.807, 2.05) is 71.6 Å². The molecule has 3 heterocycles. The Morgan fingerprint density at radius 1 is 1.00 bits per heavy atom. The number of thiophene rings is 1. The molecule has 1 amide bonds. The average molecular weight is 503 g/mol. The van der Waals surface area contributed by atoms with E-state index in [1.165, 1.54) is 22.7 Å². The lowest BCUT2D eigenvalue weighted by molar-refractivity contribution is -0.147. The highest BCUT2D eigenvalue weighted by molar-refractivity contribution is 7.13. The molecule has 0 aliphatic rings. The topological polar surface area (TPSA) is 96.1 Å². The molecule has 35 heavy (non-hydrogen) atoms. The van der Waals surface area contributed by atoms with Gasteiger partial charge in [0.15, 0.2) is 5.13 Å². The Hall–Kier alpha value is -3.95. The summed E-state index contributed by atoms with van der Waals surface area (Å²) in [5.41, 5.74) is 3.47. The van der Waals surface area contributed by atoms with Gasteiger partial charge in [-0.15, -0.1) is 22.7 Å². The van der Waals surface area contributed by atoms with E-state index >= 15 is 0 Å². The molecule has 0 aliphatic heterocycles. The van der Waals surface area contributed by atoms with Gasteiger partial charge in [-0.2, -0.15) is 0 Å². The van der Waals surface area contributed by atoms with E-state index in [4.69, 9.17) is 4.74 Å². The predicted octanol–water partition coefficient (Wildman–Crippen LogP) is 5.51. The maximum atomic E-state index is 13.1. The number of thiazole rings is 1. The van der Waals surface area contributed by atoms with Crippen LogP contribution in [0.15, 0.2) is 83.7 Å². The van der Waals surface area contributed by atoms with Crippen LogP contribution < -0.4 is 10.6 Å². The number of nitrogens with zero attached hydrogens (tertiary/aromatic N) is 1. The third-order valence-corrected chi connectivity index (χ3v) is 7.05. The number of fused-ring (bicyclic) bond motifs is 1. The Balaban J connectivity index is 1.27. The summed E-state index contributed by atoms with van der Waals surface area (Å²) < 4.78 is 5.59. The van der Waals surface area contributed by atoms with Crippen molar-refractivity contribution in [2.75, 3.05) is 5.32 Å². The van der Waals surface area contributed by atoms with Crippen molar-refractivity contribution in [2.45, 2.75) is 19.1 Å². The Bertz CT molecular complexity index is 1430. The largest absolute Gasteiger partial charge is 0.458 e. The highest BCUT2D eigenvalue weighted by Gasteiger charge is 2.25. The molecule has 1 unspecified atom stereocenters. The molecule has 0 saturated carbocycles. The van der Waals surface area contributed by atoms with Crippen molar-refractivity contribution in [2.24, 2.45) is 0 Å². The van der Waals surface area contributed by atoms with E-state index < -0.39 is 12.0 Å². The maximum Gasteiger partial charge on any atom is 0.329 e. The average Bonchev–Trinajstić information content (AvgIpc) is 3.65. The lowest BCUT2D eigenvalue weighted by Gasteiger charge is -2.17. The van der Waals surface area contributed by atoms with E-state index in [0.29, 0.717) is 22.1 Å². The van der Waals surface area contributed by atoms with Crippen LogP contribution in [0.1, 0.15) is 20.9 Å². The molecule has 5 rings (SSSR count). The summed E-state index contributed by atoms with van der Waals surface area (Å²) in [4.78, 5) is 34.1. The summed E-state index contributed by atoms with van der Waals surface area (Å²) in [6.07, 6.45) is 2.17. The zero-order chi connectivity index (χ0) is 24.0. The minimum absolute atomic E-state index is 0.0189. The van der Waals surface area contributed by atoms with Crippen molar-refractivity contribution < 1.29 is 14.3 Å². The maximum absolute atomic E-state index is 13.1. The first-order chi connectivity index (χ1) is 17.2. The summed E-state index contributed by atoms with van der Waals surface area (Å²) in [5.74, 6) is -0.810. The first kappa shape index (κ1) is 22.8. The second kappa shape index (κ2) is 10.5. The third kappa shape index (κ3) is 5.59. The first-order valence-electron chi connectivity index (χ1n) is 11.0. The molecule has 176 valence electrons. The van der Waals surface area contributed by atoms with Gasteiger partial charge >= 0.3 is 5.97 Å². The number of para-hydroxylation sites is 2. The van der Waals surface area contributed by atoms with Gasteiger partial charge in [0, 0.05) is 34.6 Å². The number of benzene rings is 2. The lowest BCUT2D eigenvalue weighted by atomic mass is 10.0. The van der Waals surface area contributed by atoms with Gasteiger partial charge < -0.3 is 20.4 Å². The molecule has 9 heteroatoms. The Morgan fingerprint density at radius 2 is 1.83 bits per heavy atom. The van der Waals surface area contributed by atoms with Crippen LogP contribution in [-0.4, -0.2) is 27.9 Å². The van der Waals surface area contributed by atoms with Crippen LogP contribution in [0.25, 0.3) is 10.9 Å². The molecule has 0 bridgehead atoms. The standard InChI is InChI=1S/C26H22N4O3S2/c31-24(23-11-6-12-34-23)30-22(13-17-14-27-21-10-5-4-9-20(17)21)25(32)33-15-19-16-35-26(29-19)28-18-7-2-1-3-8-18/h1-12,14,16,22,27H,13,15H2,(H,28,29)(H,30,31). The molecular weight excluding hydrogens is 480 g/mol. The zero-order valence-corrected chi connectivity index (χ0v) is 20.2. The van der Waals surface area contributed by atoms with Gasteiger partial charge in [0.05, 0.1) is 10.6 Å². The molecule has 0 saturated heterocycles. The number of ether oxygens (including phenoxy) is 1. The normalized spacial score (nSPS) is 11.8. The van der Waals surface area contributed by atoms with Gasteiger partial charge in [-0.1, -0.05) is 42.5 Å². The highest BCUT2D eigenvalue weighted by Crippen LogP contribution is 2.22. The summed E-state index contributed by atoms with van der Waals surface area (Å²) in [5, 5.41) is 11.5. The van der Waals surface area contributed by atoms with Crippen LogP contribution in [-0.2, 0) is 22.6 Å². The van der Waals surface area contributed by atoms with Gasteiger partial charge in [-0.25, -0.2) is 9.78 Å². The molecular formula is C26H22N4O3S2. The van der Waals surface area contributed by atoms with Gasteiger partial charge in [-0.3, -0.25) is 4.79 Å². The number of aromatic amines is 1. The van der Waals surface area contributed by atoms with Gasteiger partial charge in [-0.05, 0) is 35.2 Å². The highest BCUT2D eigenvalue weighted by atomic mass is 32.1. The van der Waals surface area contributed by atoms with Gasteiger partial charge in [0.1, 0.15) is 12.6 Å². The number of amides is 1. The summed E-state index contributed by atoms with van der Waals surface area (Å²) >= 11 is 2.76. The third-order valence-electron chi connectivity index (χ3n) is 5.37. The van der Waals surface area contributed by atoms with Crippen molar-refractivity contribution >= 4 is 56.3 Å². The van der Waals surface area contributed by atoms with Crippen molar-refractivity contribution in [1.82, 2.24) is 15.3 Å². The Morgan fingerprint density at radius 3 is 2.66 bits per heavy atom. The molecule has 0 spiro atoms. The number of rotatable bonds is 9. The van der Waals surface area contributed by atoms with E-state index in [-0.39, 0.29) is 12.5 Å². The van der Waals surface area contributed by atoms with Crippen LogP contribution in [0.2, 0.25) is 0 Å². The Labute approximate surface area is 209 Å². The number of aromatic nitrogens is 2. The second-order valence-corrected chi connectivity index (χ2v) is 9.62.